The zero-order chi connectivity index (χ0) is 11.3. The fourth-order valence-electron chi connectivity index (χ4n) is 1.09. The Balaban J connectivity index is 2.44. The number of thioether (sulfide) groups is 1. The molecule has 0 amide bonds. The highest BCUT2D eigenvalue weighted by Gasteiger charge is 2.07. The van der Waals surface area contributed by atoms with Crippen molar-refractivity contribution in [1.82, 2.24) is 0 Å². The molecule has 0 aromatic heterocycles. The first-order chi connectivity index (χ1) is 7.13. The van der Waals surface area contributed by atoms with Gasteiger partial charge in [0.2, 0.25) is 0 Å². The quantitative estimate of drug-likeness (QED) is 0.697. The van der Waals surface area contributed by atoms with Crippen molar-refractivity contribution in [2.24, 2.45) is 11.8 Å². The standard InChI is InChI=1S/C13H20OS/c1-10(2)11(3)9-14-12-5-7-13(15-4)8-6-12/h5-8,10-11H,9H2,1-4H3. The van der Waals surface area contributed by atoms with Gasteiger partial charge in [0, 0.05) is 4.90 Å². The van der Waals surface area contributed by atoms with Crippen LogP contribution in [0.5, 0.6) is 5.75 Å². The first kappa shape index (κ1) is 12.4. The van der Waals surface area contributed by atoms with Gasteiger partial charge in [-0.3, -0.25) is 0 Å². The van der Waals surface area contributed by atoms with E-state index in [2.05, 4.69) is 39.2 Å². The Kier molecular flexibility index (Phi) is 5.03. The second kappa shape index (κ2) is 6.06. The van der Waals surface area contributed by atoms with E-state index in [1.165, 1.54) is 4.90 Å². The third-order valence-electron chi connectivity index (χ3n) is 2.71. The summed E-state index contributed by atoms with van der Waals surface area (Å²) in [6.07, 6.45) is 2.08. The number of hydrogen-bond acceptors (Lipinski definition) is 2. The van der Waals surface area contributed by atoms with Crippen LogP contribution in [-0.4, -0.2) is 12.9 Å². The first-order valence-corrected chi connectivity index (χ1v) is 6.62. The third-order valence-corrected chi connectivity index (χ3v) is 3.45. The molecule has 0 aliphatic rings. The molecular weight excluding hydrogens is 204 g/mol. The van der Waals surface area contributed by atoms with Crippen LogP contribution in [0.4, 0.5) is 0 Å². The largest absolute Gasteiger partial charge is 0.493 e. The van der Waals surface area contributed by atoms with Crippen molar-refractivity contribution in [3.05, 3.63) is 24.3 Å². The van der Waals surface area contributed by atoms with Gasteiger partial charge in [0.25, 0.3) is 0 Å². The smallest absolute Gasteiger partial charge is 0.119 e. The van der Waals surface area contributed by atoms with Gasteiger partial charge >= 0.3 is 0 Å². The molecule has 0 fully saturated rings. The zero-order valence-electron chi connectivity index (χ0n) is 9.99. The maximum Gasteiger partial charge on any atom is 0.119 e. The second-order valence-electron chi connectivity index (χ2n) is 4.21. The minimum Gasteiger partial charge on any atom is -0.493 e. The molecular formula is C13H20OS. The van der Waals surface area contributed by atoms with Crippen LogP contribution in [0.2, 0.25) is 0 Å². The molecule has 1 atom stereocenters. The molecule has 1 rings (SSSR count). The molecule has 15 heavy (non-hydrogen) atoms. The van der Waals surface area contributed by atoms with Crippen molar-refractivity contribution in [3.63, 3.8) is 0 Å². The van der Waals surface area contributed by atoms with Gasteiger partial charge in [-0.05, 0) is 42.4 Å². The van der Waals surface area contributed by atoms with Crippen LogP contribution in [-0.2, 0) is 0 Å². The average molecular weight is 224 g/mol. The lowest BCUT2D eigenvalue weighted by Gasteiger charge is -2.16. The predicted octanol–water partition coefficient (Wildman–Crippen LogP) is 4.08. The highest BCUT2D eigenvalue weighted by Crippen LogP contribution is 2.20. The van der Waals surface area contributed by atoms with Crippen LogP contribution in [0, 0.1) is 11.8 Å². The van der Waals surface area contributed by atoms with Crippen molar-refractivity contribution < 1.29 is 4.74 Å². The normalized spacial score (nSPS) is 12.9. The molecule has 0 spiro atoms. The average Bonchev–Trinajstić information content (AvgIpc) is 2.26. The van der Waals surface area contributed by atoms with E-state index >= 15 is 0 Å². The Morgan fingerprint density at radius 2 is 1.73 bits per heavy atom. The molecule has 84 valence electrons. The molecule has 0 saturated carbocycles. The second-order valence-corrected chi connectivity index (χ2v) is 5.09. The summed E-state index contributed by atoms with van der Waals surface area (Å²) in [6, 6.07) is 8.28. The Morgan fingerprint density at radius 1 is 1.13 bits per heavy atom. The van der Waals surface area contributed by atoms with Crippen molar-refractivity contribution >= 4 is 11.8 Å². The van der Waals surface area contributed by atoms with Crippen LogP contribution in [0.3, 0.4) is 0 Å². The van der Waals surface area contributed by atoms with Crippen LogP contribution < -0.4 is 4.74 Å². The fraction of sp³-hybridized carbons (Fsp3) is 0.538. The highest BCUT2D eigenvalue weighted by atomic mass is 32.2. The van der Waals surface area contributed by atoms with Crippen LogP contribution >= 0.6 is 11.8 Å². The molecule has 0 radical (unpaired) electrons. The lowest BCUT2D eigenvalue weighted by molar-refractivity contribution is 0.223. The van der Waals surface area contributed by atoms with Crippen LogP contribution in [0.15, 0.2) is 29.2 Å². The molecule has 0 aliphatic heterocycles. The summed E-state index contributed by atoms with van der Waals surface area (Å²) >= 11 is 1.75. The molecule has 2 heteroatoms. The summed E-state index contributed by atoms with van der Waals surface area (Å²) in [6.45, 7) is 7.48. The van der Waals surface area contributed by atoms with E-state index < -0.39 is 0 Å². The lowest BCUT2D eigenvalue weighted by Crippen LogP contribution is -2.14. The van der Waals surface area contributed by atoms with E-state index in [0.717, 1.165) is 12.4 Å². The van der Waals surface area contributed by atoms with Gasteiger partial charge in [-0.1, -0.05) is 20.8 Å². The summed E-state index contributed by atoms with van der Waals surface area (Å²) in [5.41, 5.74) is 0. The van der Waals surface area contributed by atoms with Gasteiger partial charge in [-0.25, -0.2) is 0 Å². The van der Waals surface area contributed by atoms with E-state index in [1.54, 1.807) is 11.8 Å². The lowest BCUT2D eigenvalue weighted by atomic mass is 9.99. The highest BCUT2D eigenvalue weighted by molar-refractivity contribution is 7.98. The Hall–Kier alpha value is -0.630. The Labute approximate surface area is 97.2 Å². The molecule has 0 aliphatic carbocycles. The van der Waals surface area contributed by atoms with E-state index in [0.29, 0.717) is 11.8 Å². The van der Waals surface area contributed by atoms with Crippen molar-refractivity contribution in [3.8, 4) is 5.75 Å². The van der Waals surface area contributed by atoms with Gasteiger partial charge in [-0.15, -0.1) is 11.8 Å². The number of hydrogen-bond donors (Lipinski definition) is 0. The van der Waals surface area contributed by atoms with Crippen molar-refractivity contribution in [2.45, 2.75) is 25.7 Å². The number of benzene rings is 1. The Bertz CT molecular complexity index is 279. The van der Waals surface area contributed by atoms with Crippen LogP contribution in [0.25, 0.3) is 0 Å². The van der Waals surface area contributed by atoms with Crippen molar-refractivity contribution in [2.75, 3.05) is 12.9 Å². The summed E-state index contributed by atoms with van der Waals surface area (Å²) in [5.74, 6) is 2.25. The number of ether oxygens (including phenoxy) is 1. The fourth-order valence-corrected chi connectivity index (χ4v) is 1.50. The Morgan fingerprint density at radius 3 is 2.20 bits per heavy atom. The number of rotatable bonds is 5. The van der Waals surface area contributed by atoms with Gasteiger partial charge in [0.1, 0.15) is 5.75 Å². The van der Waals surface area contributed by atoms with Gasteiger partial charge in [0.15, 0.2) is 0 Å². The minimum absolute atomic E-state index is 0.602. The molecule has 1 aromatic carbocycles. The van der Waals surface area contributed by atoms with Crippen LogP contribution in [0.1, 0.15) is 20.8 Å². The van der Waals surface area contributed by atoms with Crippen molar-refractivity contribution in [1.29, 1.82) is 0 Å². The predicted molar refractivity (Wildman–Crippen MR) is 67.7 cm³/mol. The SMILES string of the molecule is CSc1ccc(OCC(C)C(C)C)cc1. The summed E-state index contributed by atoms with van der Waals surface area (Å²) in [4.78, 5) is 1.28. The van der Waals surface area contributed by atoms with E-state index in [1.807, 2.05) is 12.1 Å². The van der Waals surface area contributed by atoms with E-state index in [9.17, 15) is 0 Å². The molecule has 1 unspecified atom stereocenters. The molecule has 1 aromatic rings. The molecule has 0 saturated heterocycles. The first-order valence-electron chi connectivity index (χ1n) is 5.40. The molecule has 0 heterocycles. The summed E-state index contributed by atoms with van der Waals surface area (Å²) < 4.78 is 5.72. The van der Waals surface area contributed by atoms with Gasteiger partial charge in [0.05, 0.1) is 6.61 Å². The van der Waals surface area contributed by atoms with E-state index in [4.69, 9.17) is 4.74 Å². The summed E-state index contributed by atoms with van der Waals surface area (Å²) in [7, 11) is 0. The molecule has 0 bridgehead atoms. The zero-order valence-corrected chi connectivity index (χ0v) is 10.8. The van der Waals surface area contributed by atoms with Gasteiger partial charge in [-0.2, -0.15) is 0 Å². The minimum atomic E-state index is 0.602. The topological polar surface area (TPSA) is 9.23 Å². The maximum absolute atomic E-state index is 5.72. The third kappa shape index (κ3) is 4.17. The molecule has 0 N–H and O–H groups in total. The van der Waals surface area contributed by atoms with E-state index in [-0.39, 0.29) is 0 Å². The molecule has 1 nitrogen and oxygen atoms in total. The summed E-state index contributed by atoms with van der Waals surface area (Å²) in [5, 5.41) is 0. The maximum atomic E-state index is 5.72. The van der Waals surface area contributed by atoms with Gasteiger partial charge < -0.3 is 4.74 Å². The monoisotopic (exact) mass is 224 g/mol.